The van der Waals surface area contributed by atoms with Gasteiger partial charge in [0.15, 0.2) is 0 Å². The highest BCUT2D eigenvalue weighted by Crippen LogP contribution is 2.26. The summed E-state index contributed by atoms with van der Waals surface area (Å²) in [5, 5.41) is 0.473. The Labute approximate surface area is 200 Å². The molecule has 0 radical (unpaired) electrons. The molecule has 5 rings (SSSR count). The zero-order chi connectivity index (χ0) is 24.4. The van der Waals surface area contributed by atoms with E-state index in [4.69, 9.17) is 9.40 Å². The fourth-order valence-corrected chi connectivity index (χ4v) is 4.14. The molecule has 0 aliphatic rings. The predicted molar refractivity (Wildman–Crippen MR) is 131 cm³/mol. The van der Waals surface area contributed by atoms with Crippen molar-refractivity contribution in [3.63, 3.8) is 0 Å². The van der Waals surface area contributed by atoms with Crippen molar-refractivity contribution in [2.24, 2.45) is 0 Å². The minimum atomic E-state index is -0.659. The number of carbonyl (C=O) groups excluding carboxylic acids is 1. The van der Waals surface area contributed by atoms with Crippen molar-refractivity contribution in [1.82, 2.24) is 14.5 Å². The van der Waals surface area contributed by atoms with Gasteiger partial charge in [0.1, 0.15) is 17.4 Å². The summed E-state index contributed by atoms with van der Waals surface area (Å²) in [5.74, 6) is 0.0223. The second-order valence-electron chi connectivity index (χ2n) is 8.16. The Morgan fingerprint density at radius 1 is 1.00 bits per heavy atom. The molecule has 0 saturated heterocycles. The van der Waals surface area contributed by atoms with Crippen molar-refractivity contribution >= 4 is 16.8 Å². The van der Waals surface area contributed by atoms with Gasteiger partial charge in [-0.1, -0.05) is 36.4 Å². The van der Waals surface area contributed by atoms with Crippen molar-refractivity contribution < 1.29 is 13.6 Å². The lowest BCUT2D eigenvalue weighted by molar-refractivity contribution is 0.0648. The standard InChI is InChI=1S/C28H22FN3O3/c1-19(31(18-23-13-8-16-35-23)27(33)20-9-7-10-21(29)17-20)26-30-25-15-6-5-14-24(25)28(34)32(26)22-11-3-2-4-12-22/h2-17,19H,18H2,1H3. The second-order valence-corrected chi connectivity index (χ2v) is 8.16. The second kappa shape index (κ2) is 9.38. The van der Waals surface area contributed by atoms with Gasteiger partial charge in [0.05, 0.1) is 35.4 Å². The number of furan rings is 1. The highest BCUT2D eigenvalue weighted by Gasteiger charge is 2.28. The number of hydrogen-bond acceptors (Lipinski definition) is 4. The number of rotatable bonds is 6. The summed E-state index contributed by atoms with van der Waals surface area (Å²) in [7, 11) is 0. The van der Waals surface area contributed by atoms with Crippen LogP contribution in [-0.4, -0.2) is 20.4 Å². The lowest BCUT2D eigenvalue weighted by Crippen LogP contribution is -2.37. The molecule has 6 nitrogen and oxygen atoms in total. The lowest BCUT2D eigenvalue weighted by atomic mass is 10.1. The molecule has 0 spiro atoms. The predicted octanol–water partition coefficient (Wildman–Crippen LogP) is 5.52. The number of para-hydroxylation sites is 2. The first kappa shape index (κ1) is 22.3. The van der Waals surface area contributed by atoms with E-state index in [-0.39, 0.29) is 17.7 Å². The monoisotopic (exact) mass is 467 g/mol. The number of carbonyl (C=O) groups is 1. The molecule has 2 heterocycles. The SMILES string of the molecule is CC(c1nc2ccccc2c(=O)n1-c1ccccc1)N(Cc1ccco1)C(=O)c1cccc(F)c1. The molecule has 174 valence electrons. The first-order valence-electron chi connectivity index (χ1n) is 11.2. The van der Waals surface area contributed by atoms with Crippen LogP contribution in [0.5, 0.6) is 0 Å². The van der Waals surface area contributed by atoms with Crippen LogP contribution in [0.15, 0.2) is 106 Å². The first-order valence-corrected chi connectivity index (χ1v) is 11.2. The Hall–Kier alpha value is -4.52. The topological polar surface area (TPSA) is 68.3 Å². The van der Waals surface area contributed by atoms with Gasteiger partial charge in [-0.15, -0.1) is 0 Å². The van der Waals surface area contributed by atoms with Gasteiger partial charge in [0.2, 0.25) is 0 Å². The maximum atomic E-state index is 14.0. The number of hydrogen-bond donors (Lipinski definition) is 0. The van der Waals surface area contributed by atoms with Crippen LogP contribution in [0.25, 0.3) is 16.6 Å². The van der Waals surface area contributed by atoms with E-state index >= 15 is 0 Å². The molecule has 0 fully saturated rings. The highest BCUT2D eigenvalue weighted by atomic mass is 19.1. The molecule has 35 heavy (non-hydrogen) atoms. The van der Waals surface area contributed by atoms with Crippen LogP contribution in [0, 0.1) is 5.82 Å². The van der Waals surface area contributed by atoms with Gasteiger partial charge in [-0.2, -0.15) is 0 Å². The maximum absolute atomic E-state index is 14.0. The minimum Gasteiger partial charge on any atom is -0.467 e. The van der Waals surface area contributed by atoms with Gasteiger partial charge in [-0.25, -0.2) is 9.37 Å². The van der Waals surface area contributed by atoms with Crippen molar-refractivity contribution in [2.45, 2.75) is 19.5 Å². The normalized spacial score (nSPS) is 11.9. The van der Waals surface area contributed by atoms with Gasteiger partial charge in [0.25, 0.3) is 11.5 Å². The van der Waals surface area contributed by atoms with E-state index < -0.39 is 17.8 Å². The Bertz CT molecular complexity index is 1550. The van der Waals surface area contributed by atoms with E-state index in [1.54, 1.807) is 43.3 Å². The van der Waals surface area contributed by atoms with Crippen LogP contribution in [0.1, 0.15) is 34.9 Å². The summed E-state index contributed by atoms with van der Waals surface area (Å²) in [5.41, 5.74) is 1.12. The Morgan fingerprint density at radius 3 is 2.51 bits per heavy atom. The third-order valence-electron chi connectivity index (χ3n) is 5.90. The van der Waals surface area contributed by atoms with Gasteiger partial charge < -0.3 is 9.32 Å². The van der Waals surface area contributed by atoms with E-state index in [1.807, 2.05) is 36.4 Å². The smallest absolute Gasteiger partial charge is 0.266 e. The van der Waals surface area contributed by atoms with Crippen LogP contribution in [0.3, 0.4) is 0 Å². The highest BCUT2D eigenvalue weighted by molar-refractivity contribution is 5.94. The van der Waals surface area contributed by atoms with Gasteiger partial charge in [-0.3, -0.25) is 14.2 Å². The number of aromatic nitrogens is 2. The minimum absolute atomic E-state index is 0.112. The maximum Gasteiger partial charge on any atom is 0.266 e. The van der Waals surface area contributed by atoms with E-state index in [2.05, 4.69) is 0 Å². The van der Waals surface area contributed by atoms with Crippen LogP contribution in [-0.2, 0) is 6.54 Å². The summed E-state index contributed by atoms with van der Waals surface area (Å²) < 4.78 is 21.0. The third kappa shape index (κ3) is 4.36. The van der Waals surface area contributed by atoms with Crippen LogP contribution in [0.4, 0.5) is 4.39 Å². The van der Waals surface area contributed by atoms with Crippen LogP contribution in [0.2, 0.25) is 0 Å². The molecule has 1 unspecified atom stereocenters. The van der Waals surface area contributed by atoms with Gasteiger partial charge >= 0.3 is 0 Å². The van der Waals surface area contributed by atoms with Gasteiger partial charge in [-0.05, 0) is 61.5 Å². The van der Waals surface area contributed by atoms with Crippen molar-refractivity contribution in [1.29, 1.82) is 0 Å². The number of halogens is 1. The molecule has 5 aromatic rings. The van der Waals surface area contributed by atoms with Gasteiger partial charge in [0, 0.05) is 5.56 Å². The number of amides is 1. The van der Waals surface area contributed by atoms with Crippen LogP contribution >= 0.6 is 0 Å². The van der Waals surface area contributed by atoms with E-state index in [0.29, 0.717) is 28.2 Å². The molecular weight excluding hydrogens is 445 g/mol. The van der Waals surface area contributed by atoms with Crippen molar-refractivity contribution in [2.75, 3.05) is 0 Å². The first-order chi connectivity index (χ1) is 17.0. The molecule has 0 aliphatic heterocycles. The summed E-state index contributed by atoms with van der Waals surface area (Å²) in [4.78, 5) is 33.6. The average molecular weight is 468 g/mol. The summed E-state index contributed by atoms with van der Waals surface area (Å²) >= 11 is 0. The Morgan fingerprint density at radius 2 is 1.77 bits per heavy atom. The number of benzene rings is 3. The molecule has 1 atom stereocenters. The number of fused-ring (bicyclic) bond motifs is 1. The fraction of sp³-hybridized carbons (Fsp3) is 0.107. The molecule has 2 aromatic heterocycles. The Kier molecular flexibility index (Phi) is 5.97. The molecule has 0 saturated carbocycles. The molecule has 0 N–H and O–H groups in total. The molecule has 7 heteroatoms. The number of nitrogens with zero attached hydrogens (tertiary/aromatic N) is 3. The molecule has 1 amide bonds. The molecule has 3 aromatic carbocycles. The summed E-state index contributed by atoms with van der Waals surface area (Å²) in [6, 6.07) is 24.7. The van der Waals surface area contributed by atoms with E-state index in [9.17, 15) is 14.0 Å². The molecular formula is C28H22FN3O3. The molecule has 0 bridgehead atoms. The zero-order valence-electron chi connectivity index (χ0n) is 19.0. The van der Waals surface area contributed by atoms with E-state index in [0.717, 1.165) is 0 Å². The quantitative estimate of drug-likeness (QED) is 0.330. The zero-order valence-corrected chi connectivity index (χ0v) is 19.0. The summed E-state index contributed by atoms with van der Waals surface area (Å²) in [6.45, 7) is 1.91. The van der Waals surface area contributed by atoms with Crippen molar-refractivity contribution in [3.8, 4) is 5.69 Å². The third-order valence-corrected chi connectivity index (χ3v) is 5.90. The largest absolute Gasteiger partial charge is 0.467 e. The fourth-order valence-electron chi connectivity index (χ4n) is 4.14. The van der Waals surface area contributed by atoms with Crippen molar-refractivity contribution in [3.05, 3.63) is 131 Å². The summed E-state index contributed by atoms with van der Waals surface area (Å²) in [6.07, 6.45) is 1.53. The average Bonchev–Trinajstić information content (AvgIpc) is 3.40. The molecule has 0 aliphatic carbocycles. The Balaban J connectivity index is 1.69. The lowest BCUT2D eigenvalue weighted by Gasteiger charge is -2.30. The van der Waals surface area contributed by atoms with Crippen LogP contribution < -0.4 is 5.56 Å². The van der Waals surface area contributed by atoms with E-state index in [1.165, 1.54) is 33.9 Å².